The molecule has 0 amide bonds. The van der Waals surface area contributed by atoms with E-state index in [0.717, 1.165) is 77.0 Å². The van der Waals surface area contributed by atoms with Gasteiger partial charge in [-0.1, -0.05) is 198 Å². The molecule has 0 N–H and O–H groups in total. The zero-order valence-electron chi connectivity index (χ0n) is 40.4. The van der Waals surface area contributed by atoms with Crippen molar-refractivity contribution in [3.8, 4) is 0 Å². The standard InChI is InChI=1S/C55H98O6/c1-4-7-10-13-16-19-22-25-27-29-30-33-36-39-42-45-48-54(57)60-51-52(50-59-53(56)47-44-41-38-35-32-24-21-18-15-12-9-6-3)61-55(58)49-46-43-40-37-34-31-28-26-23-20-17-14-11-8-5-2/h18,20-21,23,27,29-30,33,52H,4-17,19,22,24-26,28,31-32,34-51H2,1-3H3/b21-18-,23-20-,29-27-,33-30-. The van der Waals surface area contributed by atoms with E-state index in [1.807, 2.05) is 0 Å². The Morgan fingerprint density at radius 3 is 0.984 bits per heavy atom. The first-order valence-corrected chi connectivity index (χ1v) is 26.2. The largest absolute Gasteiger partial charge is 0.462 e. The average molecular weight is 855 g/mol. The van der Waals surface area contributed by atoms with Crippen LogP contribution >= 0.6 is 0 Å². The van der Waals surface area contributed by atoms with Crippen molar-refractivity contribution in [2.24, 2.45) is 0 Å². The summed E-state index contributed by atoms with van der Waals surface area (Å²) >= 11 is 0. The van der Waals surface area contributed by atoms with Crippen molar-refractivity contribution >= 4 is 17.9 Å². The molecular formula is C55H98O6. The number of rotatable bonds is 47. The van der Waals surface area contributed by atoms with E-state index in [2.05, 4.69) is 69.4 Å². The van der Waals surface area contributed by atoms with Crippen LogP contribution in [0.25, 0.3) is 0 Å². The molecule has 0 aromatic heterocycles. The highest BCUT2D eigenvalue weighted by atomic mass is 16.6. The fraction of sp³-hybridized carbons (Fsp3) is 0.800. The van der Waals surface area contributed by atoms with E-state index in [1.165, 1.54) is 148 Å². The van der Waals surface area contributed by atoms with Crippen molar-refractivity contribution in [3.63, 3.8) is 0 Å². The van der Waals surface area contributed by atoms with Gasteiger partial charge in [-0.05, 0) is 96.3 Å². The van der Waals surface area contributed by atoms with Gasteiger partial charge in [0.1, 0.15) is 13.2 Å². The lowest BCUT2D eigenvalue weighted by atomic mass is 10.1. The number of ether oxygens (including phenoxy) is 3. The summed E-state index contributed by atoms with van der Waals surface area (Å²) in [6.07, 6.45) is 59.5. The molecule has 1 atom stereocenters. The van der Waals surface area contributed by atoms with Crippen LogP contribution in [0.5, 0.6) is 0 Å². The minimum Gasteiger partial charge on any atom is -0.462 e. The van der Waals surface area contributed by atoms with E-state index in [9.17, 15) is 14.4 Å². The Morgan fingerprint density at radius 1 is 0.328 bits per heavy atom. The molecule has 0 fully saturated rings. The highest BCUT2D eigenvalue weighted by Gasteiger charge is 2.19. The van der Waals surface area contributed by atoms with E-state index in [1.54, 1.807) is 0 Å². The van der Waals surface area contributed by atoms with Crippen LogP contribution in [-0.2, 0) is 28.6 Å². The topological polar surface area (TPSA) is 78.9 Å². The van der Waals surface area contributed by atoms with Crippen LogP contribution in [-0.4, -0.2) is 37.2 Å². The predicted molar refractivity (Wildman–Crippen MR) is 261 cm³/mol. The van der Waals surface area contributed by atoms with Gasteiger partial charge in [0.05, 0.1) is 0 Å². The lowest BCUT2D eigenvalue weighted by Gasteiger charge is -2.18. The third-order valence-corrected chi connectivity index (χ3v) is 11.3. The van der Waals surface area contributed by atoms with Crippen LogP contribution in [0.2, 0.25) is 0 Å². The molecule has 0 aliphatic carbocycles. The minimum absolute atomic E-state index is 0.0870. The number of carbonyl (C=O) groups is 3. The second kappa shape index (κ2) is 50.0. The summed E-state index contributed by atoms with van der Waals surface area (Å²) in [6.45, 7) is 6.57. The summed E-state index contributed by atoms with van der Waals surface area (Å²) in [5.41, 5.74) is 0. The van der Waals surface area contributed by atoms with Crippen molar-refractivity contribution in [1.29, 1.82) is 0 Å². The molecule has 0 heterocycles. The SMILES string of the molecule is CCCCC/C=C\CCCCCCCC(=O)OCC(COC(=O)CCCCC/C=C\C=C/CCCCCCCCC)OC(=O)CCCCCCCCC/C=C\CCCCCC. The molecule has 0 rings (SSSR count). The summed E-state index contributed by atoms with van der Waals surface area (Å²) in [4.78, 5) is 37.9. The maximum Gasteiger partial charge on any atom is 0.306 e. The first-order valence-electron chi connectivity index (χ1n) is 26.2. The normalized spacial score (nSPS) is 12.4. The molecule has 6 nitrogen and oxygen atoms in total. The van der Waals surface area contributed by atoms with Gasteiger partial charge < -0.3 is 14.2 Å². The maximum atomic E-state index is 12.8. The number of unbranched alkanes of at least 4 members (excludes halogenated alkanes) is 29. The molecular weight excluding hydrogens is 757 g/mol. The Hall–Kier alpha value is -2.63. The Labute approximate surface area is 378 Å². The van der Waals surface area contributed by atoms with Gasteiger partial charge in [0.25, 0.3) is 0 Å². The van der Waals surface area contributed by atoms with Gasteiger partial charge in [-0.3, -0.25) is 14.4 Å². The quantitative estimate of drug-likeness (QED) is 0.0199. The molecule has 0 aromatic rings. The average Bonchev–Trinajstić information content (AvgIpc) is 3.26. The fourth-order valence-electron chi connectivity index (χ4n) is 7.30. The van der Waals surface area contributed by atoms with Crippen molar-refractivity contribution < 1.29 is 28.6 Å². The zero-order chi connectivity index (χ0) is 44.4. The zero-order valence-corrected chi connectivity index (χ0v) is 40.4. The molecule has 1 unspecified atom stereocenters. The summed E-state index contributed by atoms with van der Waals surface area (Å²) in [5.74, 6) is -0.921. The summed E-state index contributed by atoms with van der Waals surface area (Å²) in [7, 11) is 0. The lowest BCUT2D eigenvalue weighted by molar-refractivity contribution is -0.167. The van der Waals surface area contributed by atoms with Crippen molar-refractivity contribution in [2.45, 2.75) is 271 Å². The van der Waals surface area contributed by atoms with Crippen molar-refractivity contribution in [1.82, 2.24) is 0 Å². The Bertz CT molecular complexity index is 1070. The Kier molecular flexibility index (Phi) is 47.9. The van der Waals surface area contributed by atoms with E-state index in [0.29, 0.717) is 19.3 Å². The van der Waals surface area contributed by atoms with Gasteiger partial charge in [0, 0.05) is 19.3 Å². The molecule has 61 heavy (non-hydrogen) atoms. The molecule has 354 valence electrons. The molecule has 6 heteroatoms. The fourth-order valence-corrected chi connectivity index (χ4v) is 7.30. The van der Waals surface area contributed by atoms with E-state index in [-0.39, 0.29) is 31.1 Å². The number of hydrogen-bond donors (Lipinski definition) is 0. The first kappa shape index (κ1) is 58.4. The van der Waals surface area contributed by atoms with E-state index >= 15 is 0 Å². The highest BCUT2D eigenvalue weighted by molar-refractivity contribution is 5.71. The number of esters is 3. The molecule has 0 saturated heterocycles. The van der Waals surface area contributed by atoms with Crippen LogP contribution in [0, 0.1) is 0 Å². The van der Waals surface area contributed by atoms with Gasteiger partial charge in [0.2, 0.25) is 0 Å². The molecule has 0 bridgehead atoms. The monoisotopic (exact) mass is 855 g/mol. The summed E-state index contributed by atoms with van der Waals surface area (Å²) in [6, 6.07) is 0. The molecule has 0 aliphatic heterocycles. The molecule has 0 saturated carbocycles. The Morgan fingerprint density at radius 2 is 0.590 bits per heavy atom. The minimum atomic E-state index is -0.787. The van der Waals surface area contributed by atoms with Gasteiger partial charge in [0.15, 0.2) is 6.10 Å². The van der Waals surface area contributed by atoms with Crippen LogP contribution < -0.4 is 0 Å². The van der Waals surface area contributed by atoms with Gasteiger partial charge in [-0.25, -0.2) is 0 Å². The second-order valence-corrected chi connectivity index (χ2v) is 17.5. The van der Waals surface area contributed by atoms with E-state index in [4.69, 9.17) is 14.2 Å². The van der Waals surface area contributed by atoms with Crippen LogP contribution in [0.15, 0.2) is 48.6 Å². The van der Waals surface area contributed by atoms with Crippen molar-refractivity contribution in [3.05, 3.63) is 48.6 Å². The molecule has 0 spiro atoms. The van der Waals surface area contributed by atoms with E-state index < -0.39 is 6.10 Å². The van der Waals surface area contributed by atoms with Crippen molar-refractivity contribution in [2.75, 3.05) is 13.2 Å². The van der Waals surface area contributed by atoms with Crippen LogP contribution in [0.3, 0.4) is 0 Å². The third kappa shape index (κ3) is 48.3. The first-order chi connectivity index (χ1) is 30.0. The number of hydrogen-bond acceptors (Lipinski definition) is 6. The molecule has 0 aliphatic rings. The molecule has 0 radical (unpaired) electrons. The predicted octanol–water partition coefficient (Wildman–Crippen LogP) is 17.1. The molecule has 0 aromatic carbocycles. The second-order valence-electron chi connectivity index (χ2n) is 17.5. The van der Waals surface area contributed by atoms with Gasteiger partial charge >= 0.3 is 17.9 Å². The number of carbonyl (C=O) groups excluding carboxylic acids is 3. The van der Waals surface area contributed by atoms with Crippen LogP contribution in [0.4, 0.5) is 0 Å². The number of allylic oxidation sites excluding steroid dienone is 8. The summed E-state index contributed by atoms with van der Waals surface area (Å²) < 4.78 is 16.8. The maximum absolute atomic E-state index is 12.8. The van der Waals surface area contributed by atoms with Gasteiger partial charge in [-0.2, -0.15) is 0 Å². The highest BCUT2D eigenvalue weighted by Crippen LogP contribution is 2.14. The Balaban J connectivity index is 4.42. The third-order valence-electron chi connectivity index (χ3n) is 11.3. The smallest absolute Gasteiger partial charge is 0.306 e. The van der Waals surface area contributed by atoms with Gasteiger partial charge in [-0.15, -0.1) is 0 Å². The lowest BCUT2D eigenvalue weighted by Crippen LogP contribution is -2.30. The summed E-state index contributed by atoms with van der Waals surface area (Å²) in [5, 5.41) is 0. The van der Waals surface area contributed by atoms with Crippen LogP contribution in [0.1, 0.15) is 265 Å².